The van der Waals surface area contributed by atoms with E-state index in [-0.39, 0.29) is 0 Å². The van der Waals surface area contributed by atoms with Gasteiger partial charge >= 0.3 is 0 Å². The van der Waals surface area contributed by atoms with E-state index in [0.29, 0.717) is 0 Å². The second-order valence-electron chi connectivity index (χ2n) is 4.93. The van der Waals surface area contributed by atoms with Crippen LogP contribution in [0.15, 0.2) is 48.2 Å². The Morgan fingerprint density at radius 1 is 1.20 bits per heavy atom. The topological polar surface area (TPSA) is 12.5 Å². The fourth-order valence-corrected chi connectivity index (χ4v) is 2.95. The third kappa shape index (κ3) is 2.74. The summed E-state index contributed by atoms with van der Waals surface area (Å²) in [6.45, 7) is 0.749. The monoisotopic (exact) mass is 331 g/mol. The van der Waals surface area contributed by atoms with Crippen molar-refractivity contribution < 1.29 is 4.84 Å². The van der Waals surface area contributed by atoms with Gasteiger partial charge in [-0.25, -0.2) is 5.06 Å². The molecule has 0 radical (unpaired) electrons. The molecule has 1 aliphatic carbocycles. The van der Waals surface area contributed by atoms with E-state index in [9.17, 15) is 0 Å². The third-order valence-electron chi connectivity index (χ3n) is 3.56. The number of hydroxylamine groups is 2. The van der Waals surface area contributed by atoms with Gasteiger partial charge in [-0.2, -0.15) is 0 Å². The molecule has 0 fully saturated rings. The standard InChI is InChI=1S/C17H18BrNO/c18-11-5-6-12-20-19-13-14-7-1-2-8-15(14)16-9-3-4-10-17(16)19/h1-4,7-8,10,13H,5-6,9,11-12H2. The van der Waals surface area contributed by atoms with Crippen LogP contribution >= 0.6 is 15.9 Å². The van der Waals surface area contributed by atoms with E-state index in [2.05, 4.69) is 64.6 Å². The van der Waals surface area contributed by atoms with Gasteiger partial charge < -0.3 is 0 Å². The molecular weight excluding hydrogens is 314 g/mol. The van der Waals surface area contributed by atoms with Gasteiger partial charge in [-0.15, -0.1) is 0 Å². The van der Waals surface area contributed by atoms with Crippen LogP contribution in [0.4, 0.5) is 0 Å². The highest BCUT2D eigenvalue weighted by Gasteiger charge is 2.18. The highest BCUT2D eigenvalue weighted by atomic mass is 79.9. The van der Waals surface area contributed by atoms with Gasteiger partial charge in [-0.3, -0.25) is 4.84 Å². The van der Waals surface area contributed by atoms with Crippen LogP contribution < -0.4 is 10.4 Å². The van der Waals surface area contributed by atoms with Crippen molar-refractivity contribution in [2.75, 3.05) is 11.9 Å². The van der Waals surface area contributed by atoms with Crippen LogP contribution in [-0.4, -0.2) is 17.0 Å². The molecule has 20 heavy (non-hydrogen) atoms. The molecule has 0 aromatic heterocycles. The van der Waals surface area contributed by atoms with Crippen molar-refractivity contribution in [3.05, 3.63) is 58.6 Å². The maximum absolute atomic E-state index is 5.95. The van der Waals surface area contributed by atoms with Crippen LogP contribution in [0.5, 0.6) is 0 Å². The summed E-state index contributed by atoms with van der Waals surface area (Å²) in [7, 11) is 0. The Kier molecular flexibility index (Phi) is 4.38. The normalized spacial score (nSPS) is 16.4. The van der Waals surface area contributed by atoms with Gasteiger partial charge in [0.05, 0.1) is 12.3 Å². The lowest BCUT2D eigenvalue weighted by molar-refractivity contribution is -0.0745. The fraction of sp³-hybridized carbons (Fsp3) is 0.294. The summed E-state index contributed by atoms with van der Waals surface area (Å²) in [6.07, 6.45) is 11.7. The quantitative estimate of drug-likeness (QED) is 0.607. The summed E-state index contributed by atoms with van der Waals surface area (Å²) in [6, 6.07) is 8.51. The molecular formula is C17H18BrNO. The Hall–Kier alpha value is -1.32. The second-order valence-corrected chi connectivity index (χ2v) is 5.73. The molecule has 1 heterocycles. The molecule has 1 aromatic rings. The zero-order valence-corrected chi connectivity index (χ0v) is 13.0. The number of fused-ring (bicyclic) bond motifs is 2. The van der Waals surface area contributed by atoms with Crippen LogP contribution in [0.25, 0.3) is 11.8 Å². The summed E-state index contributed by atoms with van der Waals surface area (Å²) in [5.41, 5.74) is 2.52. The molecule has 0 spiro atoms. The molecule has 2 nitrogen and oxygen atoms in total. The molecule has 1 aliphatic heterocycles. The average molecular weight is 332 g/mol. The zero-order chi connectivity index (χ0) is 13.8. The van der Waals surface area contributed by atoms with Crippen LogP contribution in [-0.2, 0) is 4.84 Å². The minimum atomic E-state index is 0.749. The highest BCUT2D eigenvalue weighted by Crippen LogP contribution is 2.25. The Morgan fingerprint density at radius 3 is 3.00 bits per heavy atom. The second kappa shape index (κ2) is 6.42. The minimum absolute atomic E-state index is 0.749. The number of rotatable bonds is 5. The molecule has 0 amide bonds. The van der Waals surface area contributed by atoms with Gasteiger partial charge in [0, 0.05) is 16.7 Å². The predicted octanol–water partition coefficient (Wildman–Crippen LogP) is 2.84. The van der Waals surface area contributed by atoms with E-state index < -0.39 is 0 Å². The van der Waals surface area contributed by atoms with Crippen LogP contribution in [0.1, 0.15) is 19.3 Å². The van der Waals surface area contributed by atoms with Crippen molar-refractivity contribution in [1.29, 1.82) is 0 Å². The first kappa shape index (κ1) is 13.7. The average Bonchev–Trinajstić information content (AvgIpc) is 2.51. The number of halogens is 1. The smallest absolute Gasteiger partial charge is 0.0753 e. The van der Waals surface area contributed by atoms with Gasteiger partial charge in [0.1, 0.15) is 0 Å². The Bertz CT molecular complexity index is 660. The molecule has 0 saturated carbocycles. The molecule has 3 rings (SSSR count). The maximum Gasteiger partial charge on any atom is 0.0753 e. The Balaban J connectivity index is 1.91. The molecule has 0 bridgehead atoms. The number of unbranched alkanes of at least 4 members (excludes halogenated alkanes) is 1. The van der Waals surface area contributed by atoms with Gasteiger partial charge in [0.15, 0.2) is 0 Å². The van der Waals surface area contributed by atoms with E-state index in [1.165, 1.54) is 21.7 Å². The SMILES string of the molecule is BrCCCCON1C=c2ccccc2=C2CC=CC=C21. The van der Waals surface area contributed by atoms with Crippen molar-refractivity contribution >= 4 is 27.7 Å². The summed E-state index contributed by atoms with van der Waals surface area (Å²) in [5.74, 6) is 0. The Labute approximate surface area is 127 Å². The van der Waals surface area contributed by atoms with E-state index >= 15 is 0 Å². The van der Waals surface area contributed by atoms with Crippen molar-refractivity contribution in [3.63, 3.8) is 0 Å². The number of hydrogen-bond acceptors (Lipinski definition) is 2. The van der Waals surface area contributed by atoms with Crippen molar-refractivity contribution in [2.24, 2.45) is 0 Å². The summed E-state index contributed by atoms with van der Waals surface area (Å²) in [4.78, 5) is 5.95. The third-order valence-corrected chi connectivity index (χ3v) is 4.12. The van der Waals surface area contributed by atoms with Gasteiger partial charge in [0.25, 0.3) is 0 Å². The molecule has 2 aliphatic rings. The predicted molar refractivity (Wildman–Crippen MR) is 86.2 cm³/mol. The van der Waals surface area contributed by atoms with Crippen LogP contribution in [0.3, 0.4) is 0 Å². The molecule has 104 valence electrons. The summed E-state index contributed by atoms with van der Waals surface area (Å²) < 4.78 is 0. The lowest BCUT2D eigenvalue weighted by Gasteiger charge is -2.28. The zero-order valence-electron chi connectivity index (χ0n) is 11.4. The van der Waals surface area contributed by atoms with Crippen LogP contribution in [0, 0.1) is 0 Å². The summed E-state index contributed by atoms with van der Waals surface area (Å²) in [5, 5.41) is 5.53. The summed E-state index contributed by atoms with van der Waals surface area (Å²) >= 11 is 3.45. The van der Waals surface area contributed by atoms with Gasteiger partial charge in [-0.1, -0.05) is 52.3 Å². The number of benzene rings is 1. The molecule has 0 atom stereocenters. The number of alkyl halides is 1. The van der Waals surface area contributed by atoms with Crippen molar-refractivity contribution in [2.45, 2.75) is 19.3 Å². The van der Waals surface area contributed by atoms with Crippen LogP contribution in [0.2, 0.25) is 0 Å². The molecule has 0 N–H and O–H groups in total. The van der Waals surface area contributed by atoms with Gasteiger partial charge in [0.2, 0.25) is 0 Å². The largest absolute Gasteiger partial charge is 0.269 e. The van der Waals surface area contributed by atoms with E-state index in [0.717, 1.165) is 31.2 Å². The highest BCUT2D eigenvalue weighted by molar-refractivity contribution is 9.09. The lowest BCUT2D eigenvalue weighted by atomic mass is 9.98. The van der Waals surface area contributed by atoms with E-state index in [1.54, 1.807) is 0 Å². The van der Waals surface area contributed by atoms with Crippen molar-refractivity contribution in [3.8, 4) is 0 Å². The molecule has 1 aromatic carbocycles. The maximum atomic E-state index is 5.95. The first-order chi connectivity index (χ1) is 9.90. The molecule has 0 unspecified atom stereocenters. The minimum Gasteiger partial charge on any atom is -0.269 e. The number of nitrogens with zero attached hydrogens (tertiary/aromatic N) is 1. The van der Waals surface area contributed by atoms with E-state index in [1.807, 2.05) is 5.06 Å². The first-order valence-corrected chi connectivity index (χ1v) is 8.17. The Morgan fingerprint density at radius 2 is 2.10 bits per heavy atom. The fourth-order valence-electron chi connectivity index (χ4n) is 2.55. The number of allylic oxidation sites excluding steroid dienone is 4. The van der Waals surface area contributed by atoms with Gasteiger partial charge in [-0.05, 0) is 36.1 Å². The lowest BCUT2D eigenvalue weighted by Crippen LogP contribution is -2.37. The molecule has 3 heteroatoms. The molecule has 0 saturated heterocycles. The first-order valence-electron chi connectivity index (χ1n) is 7.05. The van der Waals surface area contributed by atoms with Crippen molar-refractivity contribution in [1.82, 2.24) is 5.06 Å². The van der Waals surface area contributed by atoms with E-state index in [4.69, 9.17) is 4.84 Å². The number of hydrogen-bond donors (Lipinski definition) is 0.